The molecule has 0 radical (unpaired) electrons. The molecular formula is C13H17FN4. The van der Waals surface area contributed by atoms with Gasteiger partial charge in [0, 0.05) is 25.4 Å². The fraction of sp³-hybridized carbons (Fsp3) is 0.308. The number of aromatic nitrogens is 2. The summed E-state index contributed by atoms with van der Waals surface area (Å²) in [5.74, 6) is 6.23. The number of rotatable bonds is 5. The molecule has 0 aliphatic rings. The van der Waals surface area contributed by atoms with Gasteiger partial charge >= 0.3 is 0 Å². The van der Waals surface area contributed by atoms with Gasteiger partial charge < -0.3 is 4.57 Å². The summed E-state index contributed by atoms with van der Waals surface area (Å²) in [5.41, 5.74) is 3.54. The highest BCUT2D eigenvalue weighted by Gasteiger charge is 2.14. The van der Waals surface area contributed by atoms with Crippen molar-refractivity contribution in [1.29, 1.82) is 0 Å². The van der Waals surface area contributed by atoms with E-state index in [1.807, 2.05) is 16.8 Å². The lowest BCUT2D eigenvalue weighted by molar-refractivity contribution is 0.518. The zero-order valence-electron chi connectivity index (χ0n) is 10.3. The lowest BCUT2D eigenvalue weighted by atomic mass is 10.0. The highest BCUT2D eigenvalue weighted by molar-refractivity contribution is 5.21. The Morgan fingerprint density at radius 1 is 1.50 bits per heavy atom. The second-order valence-electron chi connectivity index (χ2n) is 4.11. The Balaban J connectivity index is 2.20. The van der Waals surface area contributed by atoms with E-state index >= 15 is 0 Å². The van der Waals surface area contributed by atoms with Crippen molar-refractivity contribution in [3.63, 3.8) is 0 Å². The third-order valence-corrected chi connectivity index (χ3v) is 2.98. The number of benzene rings is 1. The molecule has 0 bridgehead atoms. The summed E-state index contributed by atoms with van der Waals surface area (Å²) in [4.78, 5) is 4.30. The largest absolute Gasteiger partial charge is 0.335 e. The third kappa shape index (κ3) is 2.75. The normalized spacial score (nSPS) is 12.6. The molecule has 0 aliphatic heterocycles. The van der Waals surface area contributed by atoms with E-state index in [1.165, 1.54) is 12.1 Å². The summed E-state index contributed by atoms with van der Waals surface area (Å²) in [7, 11) is 0. The molecule has 2 rings (SSSR count). The molecule has 1 aromatic carbocycles. The van der Waals surface area contributed by atoms with Gasteiger partial charge in [-0.2, -0.15) is 0 Å². The average Bonchev–Trinajstić information content (AvgIpc) is 2.83. The zero-order valence-corrected chi connectivity index (χ0v) is 10.3. The Morgan fingerprint density at radius 3 is 3.00 bits per heavy atom. The first kappa shape index (κ1) is 12.7. The Labute approximate surface area is 106 Å². The van der Waals surface area contributed by atoms with Crippen LogP contribution in [-0.2, 0) is 13.0 Å². The molecule has 0 amide bonds. The van der Waals surface area contributed by atoms with Crippen LogP contribution in [0.2, 0.25) is 0 Å². The summed E-state index contributed by atoms with van der Waals surface area (Å²) in [6, 6.07) is 6.30. The third-order valence-electron chi connectivity index (χ3n) is 2.98. The average molecular weight is 248 g/mol. The number of nitrogens with zero attached hydrogens (tertiary/aromatic N) is 2. The van der Waals surface area contributed by atoms with Gasteiger partial charge in [0.1, 0.15) is 11.6 Å². The number of nitrogens with one attached hydrogen (secondary N) is 1. The second-order valence-corrected chi connectivity index (χ2v) is 4.11. The van der Waals surface area contributed by atoms with Crippen molar-refractivity contribution in [3.8, 4) is 0 Å². The SMILES string of the molecule is CCn1ccnc1CC(NN)c1cccc(F)c1. The van der Waals surface area contributed by atoms with E-state index in [9.17, 15) is 4.39 Å². The van der Waals surface area contributed by atoms with E-state index in [1.54, 1.807) is 12.3 Å². The van der Waals surface area contributed by atoms with Crippen molar-refractivity contribution in [2.75, 3.05) is 0 Å². The maximum atomic E-state index is 13.2. The first-order valence-corrected chi connectivity index (χ1v) is 5.96. The maximum Gasteiger partial charge on any atom is 0.123 e. The molecule has 4 nitrogen and oxygen atoms in total. The second kappa shape index (κ2) is 5.75. The molecule has 18 heavy (non-hydrogen) atoms. The van der Waals surface area contributed by atoms with E-state index in [-0.39, 0.29) is 11.9 Å². The summed E-state index contributed by atoms with van der Waals surface area (Å²) in [5, 5.41) is 0. The molecule has 96 valence electrons. The summed E-state index contributed by atoms with van der Waals surface area (Å²) in [6.45, 7) is 2.91. The standard InChI is InChI=1S/C13H17FN4/c1-2-18-7-6-16-13(18)9-12(17-15)10-4-3-5-11(14)8-10/h3-8,12,17H,2,9,15H2,1H3. The molecule has 0 saturated heterocycles. The van der Waals surface area contributed by atoms with Crippen LogP contribution < -0.4 is 11.3 Å². The zero-order chi connectivity index (χ0) is 13.0. The van der Waals surface area contributed by atoms with Gasteiger partial charge in [-0.3, -0.25) is 11.3 Å². The fourth-order valence-electron chi connectivity index (χ4n) is 2.00. The van der Waals surface area contributed by atoms with Gasteiger partial charge in [-0.15, -0.1) is 0 Å². The van der Waals surface area contributed by atoms with Gasteiger partial charge in [0.05, 0.1) is 6.04 Å². The van der Waals surface area contributed by atoms with Crippen molar-refractivity contribution in [3.05, 3.63) is 53.9 Å². The van der Waals surface area contributed by atoms with Crippen LogP contribution in [0.25, 0.3) is 0 Å². The highest BCUT2D eigenvalue weighted by Crippen LogP contribution is 2.17. The number of nitrogens with two attached hydrogens (primary N) is 1. The molecule has 0 spiro atoms. The van der Waals surface area contributed by atoms with E-state index in [2.05, 4.69) is 17.3 Å². The minimum absolute atomic E-state index is 0.145. The monoisotopic (exact) mass is 248 g/mol. The maximum absolute atomic E-state index is 13.2. The van der Waals surface area contributed by atoms with Crippen molar-refractivity contribution in [2.45, 2.75) is 25.9 Å². The van der Waals surface area contributed by atoms with Gasteiger partial charge in [0.25, 0.3) is 0 Å². The van der Waals surface area contributed by atoms with Crippen molar-refractivity contribution < 1.29 is 4.39 Å². The van der Waals surface area contributed by atoms with Crippen LogP contribution in [0.5, 0.6) is 0 Å². The van der Waals surface area contributed by atoms with Gasteiger partial charge in [-0.1, -0.05) is 12.1 Å². The van der Waals surface area contributed by atoms with Gasteiger partial charge in [0.15, 0.2) is 0 Å². The topological polar surface area (TPSA) is 55.9 Å². The summed E-state index contributed by atoms with van der Waals surface area (Å²) >= 11 is 0. The highest BCUT2D eigenvalue weighted by atomic mass is 19.1. The lowest BCUT2D eigenvalue weighted by Gasteiger charge is -2.16. The number of imidazole rings is 1. The number of hydrazine groups is 1. The van der Waals surface area contributed by atoms with Gasteiger partial charge in [-0.05, 0) is 24.6 Å². The minimum Gasteiger partial charge on any atom is -0.335 e. The Morgan fingerprint density at radius 2 is 2.33 bits per heavy atom. The quantitative estimate of drug-likeness (QED) is 0.626. The molecule has 0 fully saturated rings. The molecule has 5 heteroatoms. The Hall–Kier alpha value is -1.72. The van der Waals surface area contributed by atoms with Crippen LogP contribution in [-0.4, -0.2) is 9.55 Å². The summed E-state index contributed by atoms with van der Waals surface area (Å²) < 4.78 is 15.2. The van der Waals surface area contributed by atoms with E-state index < -0.39 is 0 Å². The van der Waals surface area contributed by atoms with Crippen LogP contribution >= 0.6 is 0 Å². The van der Waals surface area contributed by atoms with Crippen LogP contribution in [0.1, 0.15) is 24.4 Å². The predicted octanol–water partition coefficient (Wildman–Crippen LogP) is 1.79. The number of halogens is 1. The van der Waals surface area contributed by atoms with E-state index in [4.69, 9.17) is 5.84 Å². The number of hydrogen-bond acceptors (Lipinski definition) is 3. The number of hydrogen-bond donors (Lipinski definition) is 2. The Kier molecular flexibility index (Phi) is 4.07. The van der Waals surface area contributed by atoms with Crippen LogP contribution in [0.3, 0.4) is 0 Å². The van der Waals surface area contributed by atoms with Crippen molar-refractivity contribution in [1.82, 2.24) is 15.0 Å². The lowest BCUT2D eigenvalue weighted by Crippen LogP contribution is -2.30. The smallest absolute Gasteiger partial charge is 0.123 e. The van der Waals surface area contributed by atoms with Crippen molar-refractivity contribution >= 4 is 0 Å². The predicted molar refractivity (Wildman–Crippen MR) is 68.1 cm³/mol. The minimum atomic E-state index is -0.258. The summed E-state index contributed by atoms with van der Waals surface area (Å²) in [6.07, 6.45) is 4.31. The molecular weight excluding hydrogens is 231 g/mol. The Bertz CT molecular complexity index is 509. The van der Waals surface area contributed by atoms with E-state index in [0.29, 0.717) is 6.42 Å². The van der Waals surface area contributed by atoms with Gasteiger partial charge in [-0.25, -0.2) is 9.37 Å². The molecule has 1 heterocycles. The molecule has 1 unspecified atom stereocenters. The fourth-order valence-corrected chi connectivity index (χ4v) is 2.00. The van der Waals surface area contributed by atoms with Crippen molar-refractivity contribution in [2.24, 2.45) is 5.84 Å². The van der Waals surface area contributed by atoms with E-state index in [0.717, 1.165) is 17.9 Å². The van der Waals surface area contributed by atoms with Crippen LogP contribution in [0.4, 0.5) is 4.39 Å². The molecule has 3 N–H and O–H groups in total. The van der Waals surface area contributed by atoms with Crippen LogP contribution in [0, 0.1) is 5.82 Å². The molecule has 0 aliphatic carbocycles. The van der Waals surface area contributed by atoms with Crippen LogP contribution in [0.15, 0.2) is 36.7 Å². The first-order valence-electron chi connectivity index (χ1n) is 5.96. The molecule has 0 saturated carbocycles. The van der Waals surface area contributed by atoms with Gasteiger partial charge in [0.2, 0.25) is 0 Å². The first-order chi connectivity index (χ1) is 8.74. The number of aryl methyl sites for hydroxylation is 1. The molecule has 2 aromatic rings. The molecule has 1 aromatic heterocycles. The molecule has 1 atom stereocenters.